The number of thiocarbonyl (C=S) groups is 1. The number of rotatable bonds is 2. The quantitative estimate of drug-likeness (QED) is 0.750. The Kier molecular flexibility index (Phi) is 3.59. The first-order chi connectivity index (χ1) is 6.63. The van der Waals surface area contributed by atoms with Crippen LogP contribution in [0.5, 0.6) is 5.75 Å². The lowest BCUT2D eigenvalue weighted by Crippen LogP contribution is -2.26. The van der Waals surface area contributed by atoms with Crippen LogP contribution in [0, 0.1) is 0 Å². The molecule has 3 nitrogen and oxygen atoms in total. The van der Waals surface area contributed by atoms with Crippen molar-refractivity contribution in [1.29, 1.82) is 0 Å². The first-order valence-electron chi connectivity index (χ1n) is 4.09. The molecule has 0 spiro atoms. The number of nitrogens with one attached hydrogen (secondary N) is 1. The topological polar surface area (TPSA) is 38.3 Å². The van der Waals surface area contributed by atoms with E-state index >= 15 is 0 Å². The zero-order valence-electron chi connectivity index (χ0n) is 8.03. The smallest absolute Gasteiger partial charge is 0.221 e. The van der Waals surface area contributed by atoms with Crippen molar-refractivity contribution in [3.05, 3.63) is 29.8 Å². The normalized spacial score (nSPS) is 9.29. The molecule has 0 atom stereocenters. The fourth-order valence-corrected chi connectivity index (χ4v) is 1.25. The zero-order valence-corrected chi connectivity index (χ0v) is 8.85. The minimum absolute atomic E-state index is 0.161. The lowest BCUT2D eigenvalue weighted by atomic mass is 10.2. The molecule has 1 amide bonds. The Labute approximate surface area is 88.1 Å². The number of amides is 1. The van der Waals surface area contributed by atoms with Gasteiger partial charge in [0.15, 0.2) is 0 Å². The van der Waals surface area contributed by atoms with Crippen LogP contribution < -0.4 is 10.1 Å². The van der Waals surface area contributed by atoms with Crippen LogP contribution in [0.4, 0.5) is 0 Å². The summed E-state index contributed by atoms with van der Waals surface area (Å²) in [4.78, 5) is 11.2. The maximum Gasteiger partial charge on any atom is 0.221 e. The number of ether oxygens (including phenoxy) is 1. The van der Waals surface area contributed by atoms with Crippen molar-refractivity contribution in [2.45, 2.75) is 6.92 Å². The molecular weight excluding hydrogens is 198 g/mol. The van der Waals surface area contributed by atoms with Crippen molar-refractivity contribution < 1.29 is 9.53 Å². The monoisotopic (exact) mass is 209 g/mol. The Morgan fingerprint density at radius 1 is 1.36 bits per heavy atom. The van der Waals surface area contributed by atoms with Gasteiger partial charge in [0, 0.05) is 12.5 Å². The third kappa shape index (κ3) is 2.81. The number of carbonyl (C=O) groups is 1. The Morgan fingerprint density at radius 3 is 2.36 bits per heavy atom. The summed E-state index contributed by atoms with van der Waals surface area (Å²) in [7, 11) is 1.60. The van der Waals surface area contributed by atoms with Gasteiger partial charge in [-0.1, -0.05) is 12.2 Å². The summed E-state index contributed by atoms with van der Waals surface area (Å²) in [6.45, 7) is 1.43. The van der Waals surface area contributed by atoms with Gasteiger partial charge in [-0.05, 0) is 24.3 Å². The van der Waals surface area contributed by atoms with Gasteiger partial charge in [-0.3, -0.25) is 4.79 Å². The second-order valence-electron chi connectivity index (χ2n) is 2.74. The number of benzene rings is 1. The van der Waals surface area contributed by atoms with Gasteiger partial charge in [-0.2, -0.15) is 0 Å². The standard InChI is InChI=1S/C10H11NO2S/c1-7(12)11-10(14)8-3-5-9(13-2)6-4-8/h3-6H,1-2H3,(H,11,12,14). The molecule has 0 bridgehead atoms. The van der Waals surface area contributed by atoms with Gasteiger partial charge in [-0.25, -0.2) is 0 Å². The van der Waals surface area contributed by atoms with Crippen LogP contribution in [-0.4, -0.2) is 18.0 Å². The second kappa shape index (κ2) is 4.72. The van der Waals surface area contributed by atoms with Crippen molar-refractivity contribution >= 4 is 23.1 Å². The van der Waals surface area contributed by atoms with Crippen molar-refractivity contribution in [2.75, 3.05) is 7.11 Å². The number of hydrogen-bond acceptors (Lipinski definition) is 3. The average Bonchev–Trinajstić information content (AvgIpc) is 2.17. The molecule has 0 heterocycles. The fraction of sp³-hybridized carbons (Fsp3) is 0.200. The SMILES string of the molecule is COc1ccc(C(=S)NC(C)=O)cc1. The molecule has 0 aliphatic rings. The molecule has 0 saturated heterocycles. The zero-order chi connectivity index (χ0) is 10.6. The summed E-state index contributed by atoms with van der Waals surface area (Å²) < 4.78 is 5.00. The second-order valence-corrected chi connectivity index (χ2v) is 3.15. The lowest BCUT2D eigenvalue weighted by Gasteiger charge is -2.05. The molecular formula is C10H11NO2S. The highest BCUT2D eigenvalue weighted by atomic mass is 32.1. The van der Waals surface area contributed by atoms with E-state index < -0.39 is 0 Å². The Balaban J connectivity index is 2.76. The van der Waals surface area contributed by atoms with E-state index in [0.29, 0.717) is 4.99 Å². The molecule has 1 rings (SSSR count). The first kappa shape index (κ1) is 10.7. The summed E-state index contributed by atoms with van der Waals surface area (Å²) >= 11 is 5.00. The maximum absolute atomic E-state index is 10.7. The highest BCUT2D eigenvalue weighted by molar-refractivity contribution is 7.80. The molecule has 0 aliphatic heterocycles. The van der Waals surface area contributed by atoms with Gasteiger partial charge < -0.3 is 10.1 Å². The molecule has 0 radical (unpaired) electrons. The fourth-order valence-electron chi connectivity index (χ4n) is 0.974. The third-order valence-electron chi connectivity index (χ3n) is 1.64. The van der Waals surface area contributed by atoms with Gasteiger partial charge >= 0.3 is 0 Å². The van der Waals surface area contributed by atoms with Gasteiger partial charge in [0.1, 0.15) is 10.7 Å². The summed E-state index contributed by atoms with van der Waals surface area (Å²) in [5.41, 5.74) is 0.802. The molecule has 0 fully saturated rings. The first-order valence-corrected chi connectivity index (χ1v) is 4.50. The Hall–Kier alpha value is -1.42. The Morgan fingerprint density at radius 2 is 1.93 bits per heavy atom. The molecule has 14 heavy (non-hydrogen) atoms. The molecule has 1 N–H and O–H groups in total. The van der Waals surface area contributed by atoms with Crippen molar-refractivity contribution in [3.8, 4) is 5.75 Å². The molecule has 74 valence electrons. The van der Waals surface area contributed by atoms with Gasteiger partial charge in [0.25, 0.3) is 0 Å². The molecule has 1 aromatic rings. The predicted octanol–water partition coefficient (Wildman–Crippen LogP) is 1.51. The van der Waals surface area contributed by atoms with Crippen LogP contribution in [0.15, 0.2) is 24.3 Å². The van der Waals surface area contributed by atoms with Crippen molar-refractivity contribution in [2.24, 2.45) is 0 Å². The Bertz CT molecular complexity index is 346. The number of hydrogen-bond donors (Lipinski definition) is 1. The average molecular weight is 209 g/mol. The molecule has 4 heteroatoms. The van der Waals surface area contributed by atoms with Crippen molar-refractivity contribution in [1.82, 2.24) is 5.32 Å². The molecule has 0 unspecified atom stereocenters. The van der Waals surface area contributed by atoms with Crippen LogP contribution in [0.25, 0.3) is 0 Å². The molecule has 0 aromatic heterocycles. The summed E-state index contributed by atoms with van der Waals surface area (Å²) in [6.07, 6.45) is 0. The minimum Gasteiger partial charge on any atom is -0.497 e. The van der Waals surface area contributed by atoms with Gasteiger partial charge in [0.05, 0.1) is 7.11 Å². The van der Waals surface area contributed by atoms with Crippen LogP contribution in [0.2, 0.25) is 0 Å². The summed E-state index contributed by atoms with van der Waals surface area (Å²) in [5.74, 6) is 0.602. The van der Waals surface area contributed by atoms with Crippen LogP contribution >= 0.6 is 12.2 Å². The van der Waals surface area contributed by atoms with Crippen molar-refractivity contribution in [3.63, 3.8) is 0 Å². The van der Waals surface area contributed by atoms with E-state index in [4.69, 9.17) is 17.0 Å². The van der Waals surface area contributed by atoms with Gasteiger partial charge in [-0.15, -0.1) is 0 Å². The van der Waals surface area contributed by atoms with E-state index in [2.05, 4.69) is 5.32 Å². The van der Waals surface area contributed by atoms with E-state index in [1.807, 2.05) is 0 Å². The largest absolute Gasteiger partial charge is 0.497 e. The van der Waals surface area contributed by atoms with E-state index in [9.17, 15) is 4.79 Å². The minimum atomic E-state index is -0.161. The molecule has 0 aliphatic carbocycles. The van der Waals surface area contributed by atoms with E-state index in [0.717, 1.165) is 11.3 Å². The molecule has 1 aromatic carbocycles. The number of carbonyl (C=O) groups excluding carboxylic acids is 1. The number of methoxy groups -OCH3 is 1. The van der Waals surface area contributed by atoms with E-state index in [1.165, 1.54) is 6.92 Å². The highest BCUT2D eigenvalue weighted by Gasteiger charge is 2.02. The van der Waals surface area contributed by atoms with Crippen LogP contribution in [-0.2, 0) is 4.79 Å². The highest BCUT2D eigenvalue weighted by Crippen LogP contribution is 2.11. The predicted molar refractivity (Wildman–Crippen MR) is 58.5 cm³/mol. The maximum atomic E-state index is 10.7. The lowest BCUT2D eigenvalue weighted by molar-refractivity contribution is -0.117. The van der Waals surface area contributed by atoms with E-state index in [-0.39, 0.29) is 5.91 Å². The van der Waals surface area contributed by atoms with E-state index in [1.54, 1.807) is 31.4 Å². The third-order valence-corrected chi connectivity index (χ3v) is 1.98. The summed E-state index contributed by atoms with van der Waals surface area (Å²) in [5, 5.41) is 2.55. The van der Waals surface area contributed by atoms with Crippen LogP contribution in [0.1, 0.15) is 12.5 Å². The van der Waals surface area contributed by atoms with Gasteiger partial charge in [0.2, 0.25) is 5.91 Å². The molecule has 0 saturated carbocycles. The summed E-state index contributed by atoms with van der Waals surface area (Å²) in [6, 6.07) is 7.20. The van der Waals surface area contributed by atoms with Crippen LogP contribution in [0.3, 0.4) is 0 Å².